The molecule has 160 valence electrons. The summed E-state index contributed by atoms with van der Waals surface area (Å²) in [6.07, 6.45) is -0.316. The first kappa shape index (κ1) is 22.1. The zero-order chi connectivity index (χ0) is 21.7. The first-order valence-electron chi connectivity index (χ1n) is 10.1. The van der Waals surface area contributed by atoms with Gasteiger partial charge in [0, 0.05) is 36.9 Å². The number of nitrogens with zero attached hydrogens (tertiary/aromatic N) is 2. The van der Waals surface area contributed by atoms with Crippen molar-refractivity contribution in [2.24, 2.45) is 0 Å². The lowest BCUT2D eigenvalue weighted by atomic mass is 10.0. The van der Waals surface area contributed by atoms with E-state index in [1.165, 1.54) is 0 Å². The quantitative estimate of drug-likeness (QED) is 0.773. The van der Waals surface area contributed by atoms with E-state index in [1.807, 2.05) is 51.1 Å². The molecule has 0 saturated carbocycles. The minimum absolute atomic E-state index is 0.116. The number of ether oxygens (including phenoxy) is 1. The third-order valence-corrected chi connectivity index (χ3v) is 5.06. The molecule has 2 aromatic carbocycles. The van der Waals surface area contributed by atoms with Crippen LogP contribution in [0.2, 0.25) is 5.02 Å². The Hall–Kier alpha value is -2.57. The van der Waals surface area contributed by atoms with Crippen molar-refractivity contribution in [1.29, 1.82) is 0 Å². The summed E-state index contributed by atoms with van der Waals surface area (Å²) >= 11 is 5.94. The van der Waals surface area contributed by atoms with Gasteiger partial charge in [-0.2, -0.15) is 0 Å². The first-order chi connectivity index (χ1) is 14.2. The Bertz CT molecular complexity index is 858. The van der Waals surface area contributed by atoms with Gasteiger partial charge in [0.1, 0.15) is 11.6 Å². The van der Waals surface area contributed by atoms with Crippen LogP contribution in [0.25, 0.3) is 0 Å². The van der Waals surface area contributed by atoms with Crippen molar-refractivity contribution in [1.82, 2.24) is 9.80 Å². The van der Waals surface area contributed by atoms with Gasteiger partial charge < -0.3 is 15.0 Å². The molecule has 1 fully saturated rings. The summed E-state index contributed by atoms with van der Waals surface area (Å²) in [5, 5.41) is 3.60. The summed E-state index contributed by atoms with van der Waals surface area (Å²) in [4.78, 5) is 29.4. The SMILES string of the molecule is CC(C)(C)OC(=O)N1CCN(C(C(=O)Nc2ccc(Cl)cc2)c2ccccc2)CC1. The molecule has 0 bridgehead atoms. The fourth-order valence-corrected chi connectivity index (χ4v) is 3.52. The van der Waals surface area contributed by atoms with E-state index in [0.717, 1.165) is 5.56 Å². The highest BCUT2D eigenvalue weighted by Gasteiger charge is 2.33. The Kier molecular flexibility index (Phi) is 7.00. The van der Waals surface area contributed by atoms with Crippen molar-refractivity contribution >= 4 is 29.3 Å². The highest BCUT2D eigenvalue weighted by atomic mass is 35.5. The molecule has 30 heavy (non-hydrogen) atoms. The Balaban J connectivity index is 1.72. The predicted molar refractivity (Wildman–Crippen MR) is 119 cm³/mol. The normalized spacial score (nSPS) is 16.1. The van der Waals surface area contributed by atoms with Crippen molar-refractivity contribution in [3.63, 3.8) is 0 Å². The Morgan fingerprint density at radius 1 is 0.967 bits per heavy atom. The Morgan fingerprint density at radius 3 is 2.13 bits per heavy atom. The number of rotatable bonds is 4. The van der Waals surface area contributed by atoms with Crippen LogP contribution in [-0.2, 0) is 9.53 Å². The van der Waals surface area contributed by atoms with E-state index in [0.29, 0.717) is 36.9 Å². The van der Waals surface area contributed by atoms with Gasteiger partial charge in [-0.05, 0) is 50.6 Å². The lowest BCUT2D eigenvalue weighted by Gasteiger charge is -2.39. The molecule has 2 aromatic rings. The molecule has 1 heterocycles. The lowest BCUT2D eigenvalue weighted by molar-refractivity contribution is -0.122. The maximum absolute atomic E-state index is 13.2. The van der Waals surface area contributed by atoms with Gasteiger partial charge in [-0.15, -0.1) is 0 Å². The third kappa shape index (κ3) is 5.97. The number of benzene rings is 2. The maximum Gasteiger partial charge on any atom is 0.410 e. The number of halogens is 1. The van der Waals surface area contributed by atoms with E-state index < -0.39 is 11.6 Å². The maximum atomic E-state index is 13.2. The van der Waals surface area contributed by atoms with Crippen molar-refractivity contribution < 1.29 is 14.3 Å². The molecular formula is C23H28ClN3O3. The number of hydrogen-bond donors (Lipinski definition) is 1. The Morgan fingerprint density at radius 2 is 1.57 bits per heavy atom. The van der Waals surface area contributed by atoms with Gasteiger partial charge in [-0.1, -0.05) is 41.9 Å². The fraction of sp³-hybridized carbons (Fsp3) is 0.391. The summed E-state index contributed by atoms with van der Waals surface area (Å²) in [5.41, 5.74) is 1.08. The standard InChI is InChI=1S/C23H28ClN3O3/c1-23(2,3)30-22(29)27-15-13-26(14-16-27)20(17-7-5-4-6-8-17)21(28)25-19-11-9-18(24)10-12-19/h4-12,20H,13-16H2,1-3H3,(H,25,28). The van der Waals surface area contributed by atoms with E-state index in [2.05, 4.69) is 10.2 Å². The van der Waals surface area contributed by atoms with E-state index in [4.69, 9.17) is 16.3 Å². The summed E-state index contributed by atoms with van der Waals surface area (Å²) in [6.45, 7) is 7.73. The number of hydrogen-bond acceptors (Lipinski definition) is 4. The zero-order valence-corrected chi connectivity index (χ0v) is 18.4. The molecule has 1 unspecified atom stereocenters. The van der Waals surface area contributed by atoms with Gasteiger partial charge in [0.2, 0.25) is 5.91 Å². The van der Waals surface area contributed by atoms with E-state index >= 15 is 0 Å². The van der Waals surface area contributed by atoms with Crippen LogP contribution < -0.4 is 5.32 Å². The number of anilines is 1. The molecule has 1 saturated heterocycles. The minimum Gasteiger partial charge on any atom is -0.444 e. The molecule has 1 N–H and O–H groups in total. The fourth-order valence-electron chi connectivity index (χ4n) is 3.40. The molecule has 1 aliphatic rings. The van der Waals surface area contributed by atoms with Gasteiger partial charge in [0.25, 0.3) is 0 Å². The summed E-state index contributed by atoms with van der Waals surface area (Å²) < 4.78 is 5.47. The van der Waals surface area contributed by atoms with Crippen molar-refractivity contribution in [3.8, 4) is 0 Å². The highest BCUT2D eigenvalue weighted by Crippen LogP contribution is 2.25. The highest BCUT2D eigenvalue weighted by molar-refractivity contribution is 6.30. The van der Waals surface area contributed by atoms with Gasteiger partial charge in [0.05, 0.1) is 0 Å². The number of piperazine rings is 1. The van der Waals surface area contributed by atoms with E-state index in [9.17, 15) is 9.59 Å². The van der Waals surface area contributed by atoms with Crippen LogP contribution in [0.1, 0.15) is 32.4 Å². The zero-order valence-electron chi connectivity index (χ0n) is 17.6. The Labute approximate surface area is 182 Å². The third-order valence-electron chi connectivity index (χ3n) is 4.81. The molecule has 0 spiro atoms. The van der Waals surface area contributed by atoms with Crippen LogP contribution in [0.5, 0.6) is 0 Å². The van der Waals surface area contributed by atoms with Crippen LogP contribution in [0.3, 0.4) is 0 Å². The second kappa shape index (κ2) is 9.49. The second-order valence-corrected chi connectivity index (χ2v) is 8.75. The second-order valence-electron chi connectivity index (χ2n) is 8.31. The molecule has 1 atom stereocenters. The molecule has 7 heteroatoms. The van der Waals surface area contributed by atoms with Crippen molar-refractivity contribution in [2.45, 2.75) is 32.4 Å². The molecule has 6 nitrogen and oxygen atoms in total. The van der Waals surface area contributed by atoms with Crippen LogP contribution >= 0.6 is 11.6 Å². The van der Waals surface area contributed by atoms with Crippen molar-refractivity contribution in [2.75, 3.05) is 31.5 Å². The monoisotopic (exact) mass is 429 g/mol. The van der Waals surface area contributed by atoms with Crippen LogP contribution in [-0.4, -0.2) is 53.6 Å². The van der Waals surface area contributed by atoms with Crippen LogP contribution in [0.15, 0.2) is 54.6 Å². The molecular weight excluding hydrogens is 402 g/mol. The summed E-state index contributed by atoms with van der Waals surface area (Å²) in [6, 6.07) is 16.3. The summed E-state index contributed by atoms with van der Waals surface area (Å²) in [5.74, 6) is -0.116. The topological polar surface area (TPSA) is 61.9 Å². The van der Waals surface area contributed by atoms with Crippen LogP contribution in [0, 0.1) is 0 Å². The average molecular weight is 430 g/mol. The van der Waals surface area contributed by atoms with Gasteiger partial charge in [0.15, 0.2) is 0 Å². The number of carbonyl (C=O) groups excluding carboxylic acids is 2. The lowest BCUT2D eigenvalue weighted by Crippen LogP contribution is -2.52. The molecule has 0 radical (unpaired) electrons. The van der Waals surface area contributed by atoms with E-state index in [1.54, 1.807) is 29.2 Å². The smallest absolute Gasteiger partial charge is 0.410 e. The molecule has 2 amide bonds. The minimum atomic E-state index is -0.529. The van der Waals surface area contributed by atoms with E-state index in [-0.39, 0.29) is 12.0 Å². The molecule has 0 aromatic heterocycles. The number of nitrogens with one attached hydrogen (secondary N) is 1. The predicted octanol–water partition coefficient (Wildman–Crippen LogP) is 4.57. The van der Waals surface area contributed by atoms with Gasteiger partial charge >= 0.3 is 6.09 Å². The number of carbonyl (C=O) groups is 2. The largest absolute Gasteiger partial charge is 0.444 e. The van der Waals surface area contributed by atoms with Crippen LogP contribution in [0.4, 0.5) is 10.5 Å². The van der Waals surface area contributed by atoms with Crippen molar-refractivity contribution in [3.05, 3.63) is 65.2 Å². The summed E-state index contributed by atoms with van der Waals surface area (Å²) in [7, 11) is 0. The molecule has 1 aliphatic heterocycles. The average Bonchev–Trinajstić information content (AvgIpc) is 2.70. The number of amides is 2. The van der Waals surface area contributed by atoms with Gasteiger partial charge in [-0.25, -0.2) is 4.79 Å². The van der Waals surface area contributed by atoms with Gasteiger partial charge in [-0.3, -0.25) is 9.69 Å². The molecule has 3 rings (SSSR count). The first-order valence-corrected chi connectivity index (χ1v) is 10.4. The molecule has 0 aliphatic carbocycles.